The highest BCUT2D eigenvalue weighted by atomic mass is 19.1. The number of carbonyl (C=O) groups excluding carboxylic acids is 2. The van der Waals surface area contributed by atoms with Gasteiger partial charge >= 0.3 is 0 Å². The molecule has 0 saturated carbocycles. The fraction of sp³-hybridized carbons (Fsp3) is 0.200. The number of benzene rings is 2. The highest BCUT2D eigenvalue weighted by molar-refractivity contribution is 6.07. The van der Waals surface area contributed by atoms with Gasteiger partial charge in [-0.1, -0.05) is 24.3 Å². The largest absolute Gasteiger partial charge is 0.360 e. The molecule has 26 heavy (non-hydrogen) atoms. The second-order valence-electron chi connectivity index (χ2n) is 6.32. The monoisotopic (exact) mass is 351 g/mol. The number of hydrogen-bond donors (Lipinski definition) is 1. The Labute approximate surface area is 150 Å². The van der Waals surface area contributed by atoms with Crippen molar-refractivity contribution in [2.45, 2.75) is 0 Å². The number of hydrogen-bond acceptors (Lipinski definition) is 2. The number of nitrogens with zero attached hydrogens (tertiary/aromatic N) is 2. The van der Waals surface area contributed by atoms with Gasteiger partial charge in [-0.15, -0.1) is 0 Å². The predicted molar refractivity (Wildman–Crippen MR) is 96.5 cm³/mol. The van der Waals surface area contributed by atoms with Crippen LogP contribution in [0.4, 0.5) is 4.39 Å². The van der Waals surface area contributed by atoms with Gasteiger partial charge in [-0.25, -0.2) is 4.39 Å². The first-order valence-corrected chi connectivity index (χ1v) is 8.54. The minimum absolute atomic E-state index is 0.0316. The molecule has 0 unspecified atom stereocenters. The van der Waals surface area contributed by atoms with E-state index in [1.807, 2.05) is 18.2 Å². The molecule has 1 fully saturated rings. The van der Waals surface area contributed by atoms with Crippen molar-refractivity contribution in [3.05, 3.63) is 71.7 Å². The summed E-state index contributed by atoms with van der Waals surface area (Å²) in [5.74, 6) is -0.658. The first-order chi connectivity index (χ1) is 12.6. The van der Waals surface area contributed by atoms with Crippen LogP contribution in [0.1, 0.15) is 20.7 Å². The number of piperazine rings is 1. The van der Waals surface area contributed by atoms with E-state index in [0.717, 1.165) is 0 Å². The third kappa shape index (κ3) is 2.83. The smallest absolute Gasteiger partial charge is 0.256 e. The van der Waals surface area contributed by atoms with Crippen LogP contribution in [0.25, 0.3) is 10.9 Å². The fourth-order valence-electron chi connectivity index (χ4n) is 3.36. The van der Waals surface area contributed by atoms with Crippen LogP contribution < -0.4 is 0 Å². The molecule has 1 aromatic heterocycles. The molecule has 0 spiro atoms. The second-order valence-corrected chi connectivity index (χ2v) is 6.32. The summed E-state index contributed by atoms with van der Waals surface area (Å²) in [5.41, 5.74) is 1.58. The third-order valence-corrected chi connectivity index (χ3v) is 4.76. The average Bonchev–Trinajstić information content (AvgIpc) is 3.13. The Balaban J connectivity index is 1.48. The summed E-state index contributed by atoms with van der Waals surface area (Å²) in [6, 6.07) is 13.8. The Morgan fingerprint density at radius 3 is 2.19 bits per heavy atom. The van der Waals surface area contributed by atoms with E-state index in [1.165, 1.54) is 6.07 Å². The van der Waals surface area contributed by atoms with Crippen molar-refractivity contribution in [1.29, 1.82) is 0 Å². The summed E-state index contributed by atoms with van der Waals surface area (Å²) in [5, 5.41) is 0.320. The second kappa shape index (κ2) is 6.63. The van der Waals surface area contributed by atoms with Gasteiger partial charge in [0, 0.05) is 48.8 Å². The molecule has 0 bridgehead atoms. The van der Waals surface area contributed by atoms with Crippen LogP contribution in [0.2, 0.25) is 0 Å². The lowest BCUT2D eigenvalue weighted by molar-refractivity contribution is 0.0536. The summed E-state index contributed by atoms with van der Waals surface area (Å²) in [6.07, 6.45) is 1.55. The van der Waals surface area contributed by atoms with Gasteiger partial charge in [0.25, 0.3) is 11.8 Å². The zero-order valence-corrected chi connectivity index (χ0v) is 14.1. The lowest BCUT2D eigenvalue weighted by Crippen LogP contribution is -2.50. The summed E-state index contributed by atoms with van der Waals surface area (Å²) >= 11 is 0. The molecule has 2 aromatic carbocycles. The van der Waals surface area contributed by atoms with Crippen molar-refractivity contribution < 1.29 is 14.0 Å². The van der Waals surface area contributed by atoms with E-state index in [1.54, 1.807) is 40.3 Å². The molecule has 1 N–H and O–H groups in total. The number of fused-ring (bicyclic) bond motifs is 1. The van der Waals surface area contributed by atoms with E-state index in [9.17, 15) is 14.0 Å². The summed E-state index contributed by atoms with van der Waals surface area (Å²) in [4.78, 5) is 31.7. The molecule has 0 radical (unpaired) electrons. The van der Waals surface area contributed by atoms with Crippen LogP contribution in [0.15, 0.2) is 54.7 Å². The number of nitrogens with one attached hydrogen (secondary N) is 1. The van der Waals surface area contributed by atoms with Crippen LogP contribution in [0.3, 0.4) is 0 Å². The SMILES string of the molecule is O=C(c1ccccc1)N1CCN(C(=O)c2c[nH]c3cccc(F)c23)CC1. The number of aromatic amines is 1. The molecular formula is C20H18FN3O2. The van der Waals surface area contributed by atoms with Crippen molar-refractivity contribution in [2.24, 2.45) is 0 Å². The van der Waals surface area contributed by atoms with E-state index < -0.39 is 5.82 Å². The maximum atomic E-state index is 14.1. The Hall–Kier alpha value is -3.15. The Morgan fingerprint density at radius 2 is 1.50 bits per heavy atom. The predicted octanol–water partition coefficient (Wildman–Crippen LogP) is 2.91. The topological polar surface area (TPSA) is 56.4 Å². The van der Waals surface area contributed by atoms with E-state index in [2.05, 4.69) is 4.98 Å². The number of H-pyrrole nitrogens is 1. The summed E-state index contributed by atoms with van der Waals surface area (Å²) in [6.45, 7) is 1.78. The minimum atomic E-state index is -0.412. The molecule has 2 heterocycles. The Bertz CT molecular complexity index is 960. The zero-order chi connectivity index (χ0) is 18.1. The molecule has 5 nitrogen and oxygen atoms in total. The van der Waals surface area contributed by atoms with Crippen molar-refractivity contribution in [2.75, 3.05) is 26.2 Å². The minimum Gasteiger partial charge on any atom is -0.360 e. The van der Waals surface area contributed by atoms with Gasteiger partial charge < -0.3 is 14.8 Å². The number of halogens is 1. The number of amides is 2. The maximum absolute atomic E-state index is 14.1. The van der Waals surface area contributed by atoms with E-state index in [0.29, 0.717) is 48.2 Å². The van der Waals surface area contributed by atoms with Crippen molar-refractivity contribution in [3.8, 4) is 0 Å². The van der Waals surface area contributed by atoms with Crippen molar-refractivity contribution >= 4 is 22.7 Å². The molecule has 1 aliphatic heterocycles. The van der Waals surface area contributed by atoms with Gasteiger partial charge in [0.1, 0.15) is 5.82 Å². The molecule has 0 atom stereocenters. The van der Waals surface area contributed by atoms with Crippen molar-refractivity contribution in [1.82, 2.24) is 14.8 Å². The first-order valence-electron chi connectivity index (χ1n) is 8.54. The summed E-state index contributed by atoms with van der Waals surface area (Å²) in [7, 11) is 0. The van der Waals surface area contributed by atoms with Crippen molar-refractivity contribution in [3.63, 3.8) is 0 Å². The van der Waals surface area contributed by atoms with Gasteiger partial charge in [-0.05, 0) is 24.3 Å². The van der Waals surface area contributed by atoms with Crippen LogP contribution in [0, 0.1) is 5.82 Å². The maximum Gasteiger partial charge on any atom is 0.256 e. The van der Waals surface area contributed by atoms with Gasteiger partial charge in [-0.2, -0.15) is 0 Å². The molecule has 4 rings (SSSR count). The third-order valence-electron chi connectivity index (χ3n) is 4.76. The standard InChI is InChI=1S/C20H18FN3O2/c21-16-7-4-8-17-18(16)15(13-22-17)20(26)24-11-9-23(10-12-24)19(25)14-5-2-1-3-6-14/h1-8,13,22H,9-12H2. The highest BCUT2D eigenvalue weighted by Crippen LogP contribution is 2.23. The number of rotatable bonds is 2. The number of aromatic nitrogens is 1. The van der Waals surface area contributed by atoms with E-state index >= 15 is 0 Å². The van der Waals surface area contributed by atoms with E-state index in [4.69, 9.17) is 0 Å². The summed E-state index contributed by atoms with van der Waals surface area (Å²) < 4.78 is 14.1. The molecule has 3 aromatic rings. The normalized spacial score (nSPS) is 14.7. The van der Waals surface area contributed by atoms with Gasteiger partial charge in [0.05, 0.1) is 5.56 Å². The fourth-order valence-corrected chi connectivity index (χ4v) is 3.36. The Morgan fingerprint density at radius 1 is 0.846 bits per heavy atom. The molecule has 1 saturated heterocycles. The van der Waals surface area contributed by atoms with Crippen LogP contribution in [-0.4, -0.2) is 52.8 Å². The van der Waals surface area contributed by atoms with Gasteiger partial charge in [0.2, 0.25) is 0 Å². The molecule has 132 valence electrons. The number of carbonyl (C=O) groups is 2. The lowest BCUT2D eigenvalue weighted by Gasteiger charge is -2.34. The lowest BCUT2D eigenvalue weighted by atomic mass is 10.1. The molecule has 6 heteroatoms. The highest BCUT2D eigenvalue weighted by Gasteiger charge is 2.27. The Kier molecular flexibility index (Phi) is 4.16. The van der Waals surface area contributed by atoms with Gasteiger partial charge in [0.15, 0.2) is 0 Å². The zero-order valence-electron chi connectivity index (χ0n) is 14.1. The molecular weight excluding hydrogens is 333 g/mol. The van der Waals surface area contributed by atoms with Crippen LogP contribution >= 0.6 is 0 Å². The first kappa shape index (κ1) is 16.3. The quantitative estimate of drug-likeness (QED) is 0.772. The van der Waals surface area contributed by atoms with Gasteiger partial charge in [-0.3, -0.25) is 9.59 Å². The van der Waals surface area contributed by atoms with Crippen LogP contribution in [0.5, 0.6) is 0 Å². The molecule has 2 amide bonds. The molecule has 0 aliphatic carbocycles. The van der Waals surface area contributed by atoms with E-state index in [-0.39, 0.29) is 11.8 Å². The molecule has 1 aliphatic rings. The average molecular weight is 351 g/mol. The van der Waals surface area contributed by atoms with Crippen LogP contribution in [-0.2, 0) is 0 Å².